The molecule has 0 unspecified atom stereocenters. The molecule has 0 fully saturated rings. The summed E-state index contributed by atoms with van der Waals surface area (Å²) in [5.74, 6) is 0.547. The van der Waals surface area contributed by atoms with Crippen molar-refractivity contribution in [3.05, 3.63) is 46.6 Å². The van der Waals surface area contributed by atoms with E-state index in [1.807, 2.05) is 22.9 Å². The van der Waals surface area contributed by atoms with E-state index in [0.717, 1.165) is 17.4 Å². The number of hydrogen-bond donors (Lipinski definition) is 0. The summed E-state index contributed by atoms with van der Waals surface area (Å²) < 4.78 is 8.46. The minimum Gasteiger partial charge on any atom is -0.423 e. The van der Waals surface area contributed by atoms with Crippen LogP contribution in [0.15, 0.2) is 41.0 Å². The van der Waals surface area contributed by atoms with Gasteiger partial charge in [0.2, 0.25) is 0 Å². The van der Waals surface area contributed by atoms with Crippen LogP contribution in [0.25, 0.3) is 21.9 Å². The molecule has 0 saturated heterocycles. The molecular weight excluding hydrogens is 420 g/mol. The van der Waals surface area contributed by atoms with Crippen LogP contribution >= 0.6 is 15.9 Å². The maximum atomic E-state index is 9.07. The summed E-state index contributed by atoms with van der Waals surface area (Å²) in [7, 11) is 0. The molecular formula is C20H17BrN6O. The topological polar surface area (TPSA) is 89.5 Å². The monoisotopic (exact) mass is 436 g/mol. The number of ether oxygens (including phenoxy) is 1. The quantitative estimate of drug-likeness (QED) is 0.455. The van der Waals surface area contributed by atoms with Crippen LogP contribution in [0.1, 0.15) is 26.3 Å². The van der Waals surface area contributed by atoms with Gasteiger partial charge in [-0.1, -0.05) is 26.0 Å². The van der Waals surface area contributed by atoms with E-state index in [2.05, 4.69) is 63.1 Å². The Morgan fingerprint density at radius 1 is 1.21 bits per heavy atom. The van der Waals surface area contributed by atoms with Crippen LogP contribution in [-0.4, -0.2) is 25.0 Å². The van der Waals surface area contributed by atoms with Gasteiger partial charge in [-0.3, -0.25) is 0 Å². The van der Waals surface area contributed by atoms with E-state index in [1.54, 1.807) is 18.3 Å². The third kappa shape index (κ3) is 3.53. The zero-order valence-corrected chi connectivity index (χ0v) is 17.2. The first-order valence-corrected chi connectivity index (χ1v) is 9.50. The first-order valence-electron chi connectivity index (χ1n) is 8.70. The lowest BCUT2D eigenvalue weighted by molar-refractivity contribution is 0.327. The van der Waals surface area contributed by atoms with Crippen molar-refractivity contribution in [3.8, 4) is 17.8 Å². The van der Waals surface area contributed by atoms with Gasteiger partial charge in [0.1, 0.15) is 11.3 Å². The molecule has 0 radical (unpaired) electrons. The SMILES string of the molecule is CC(C)(C)Cn1nnc2c(Br)c(Oc3ncc4ccc(C#N)cc4n3)ccc21. The Morgan fingerprint density at radius 3 is 2.79 bits per heavy atom. The van der Waals surface area contributed by atoms with Crippen LogP contribution < -0.4 is 4.74 Å². The van der Waals surface area contributed by atoms with Crippen molar-refractivity contribution in [1.29, 1.82) is 5.26 Å². The average molecular weight is 437 g/mol. The molecule has 0 amide bonds. The minimum atomic E-state index is 0.0868. The van der Waals surface area contributed by atoms with Crippen molar-refractivity contribution in [2.75, 3.05) is 0 Å². The lowest BCUT2D eigenvalue weighted by Crippen LogP contribution is -2.16. The van der Waals surface area contributed by atoms with Crippen molar-refractivity contribution in [3.63, 3.8) is 0 Å². The first-order chi connectivity index (χ1) is 13.3. The molecule has 0 aliphatic heterocycles. The number of benzene rings is 2. The van der Waals surface area contributed by atoms with Gasteiger partial charge < -0.3 is 4.74 Å². The molecule has 0 aliphatic carbocycles. The van der Waals surface area contributed by atoms with Gasteiger partial charge in [-0.15, -0.1) is 5.10 Å². The van der Waals surface area contributed by atoms with Crippen LogP contribution in [0.3, 0.4) is 0 Å². The molecule has 140 valence electrons. The molecule has 0 bridgehead atoms. The molecule has 4 aromatic rings. The van der Waals surface area contributed by atoms with Crippen molar-refractivity contribution in [1.82, 2.24) is 25.0 Å². The largest absolute Gasteiger partial charge is 0.423 e. The van der Waals surface area contributed by atoms with Crippen molar-refractivity contribution in [2.24, 2.45) is 5.41 Å². The summed E-state index contributed by atoms with van der Waals surface area (Å²) in [6, 6.07) is 11.3. The van der Waals surface area contributed by atoms with E-state index in [9.17, 15) is 0 Å². The van der Waals surface area contributed by atoms with Gasteiger partial charge >= 0.3 is 6.01 Å². The molecule has 0 saturated carbocycles. The van der Waals surface area contributed by atoms with Crippen molar-refractivity contribution in [2.45, 2.75) is 27.3 Å². The van der Waals surface area contributed by atoms with Gasteiger partial charge in [0, 0.05) is 18.1 Å². The molecule has 0 aliphatic rings. The van der Waals surface area contributed by atoms with Crippen LogP contribution in [-0.2, 0) is 6.54 Å². The van der Waals surface area contributed by atoms with Crippen LogP contribution in [0, 0.1) is 16.7 Å². The van der Waals surface area contributed by atoms with E-state index in [0.29, 0.717) is 26.8 Å². The van der Waals surface area contributed by atoms with E-state index < -0.39 is 0 Å². The normalized spacial score (nSPS) is 11.7. The van der Waals surface area contributed by atoms with Gasteiger partial charge in [-0.05, 0) is 51.7 Å². The highest BCUT2D eigenvalue weighted by Gasteiger charge is 2.18. The lowest BCUT2D eigenvalue weighted by Gasteiger charge is -2.17. The Hall–Kier alpha value is -3.05. The van der Waals surface area contributed by atoms with Gasteiger partial charge in [-0.25, -0.2) is 9.67 Å². The molecule has 4 rings (SSSR count). The van der Waals surface area contributed by atoms with Crippen molar-refractivity contribution < 1.29 is 4.74 Å². The molecule has 0 spiro atoms. The number of nitrogens with zero attached hydrogens (tertiary/aromatic N) is 6. The Balaban J connectivity index is 1.69. The lowest BCUT2D eigenvalue weighted by atomic mass is 9.97. The zero-order valence-electron chi connectivity index (χ0n) is 15.6. The maximum absolute atomic E-state index is 9.07. The number of hydrogen-bond acceptors (Lipinski definition) is 6. The third-order valence-corrected chi connectivity index (χ3v) is 4.87. The predicted molar refractivity (Wildman–Crippen MR) is 109 cm³/mol. The second-order valence-electron chi connectivity index (χ2n) is 7.69. The standard InChI is InChI=1S/C20H17BrN6O/c1-20(2,3)11-27-15-6-7-16(17(21)18(15)25-26-27)28-19-23-10-13-5-4-12(9-22)8-14(13)24-19/h4-8,10H,11H2,1-3H3. The van der Waals surface area contributed by atoms with Gasteiger partial charge in [0.25, 0.3) is 0 Å². The average Bonchev–Trinajstić information content (AvgIpc) is 3.05. The molecule has 7 nitrogen and oxygen atoms in total. The number of halogens is 1. The summed E-state index contributed by atoms with van der Waals surface area (Å²) in [6.07, 6.45) is 1.67. The summed E-state index contributed by atoms with van der Waals surface area (Å²) in [5, 5.41) is 18.5. The molecule has 2 aromatic heterocycles. The summed E-state index contributed by atoms with van der Waals surface area (Å²) in [6.45, 7) is 7.22. The van der Waals surface area contributed by atoms with Gasteiger partial charge in [-0.2, -0.15) is 10.2 Å². The van der Waals surface area contributed by atoms with E-state index in [-0.39, 0.29) is 11.4 Å². The highest BCUT2D eigenvalue weighted by atomic mass is 79.9. The fourth-order valence-electron chi connectivity index (χ4n) is 2.85. The fourth-order valence-corrected chi connectivity index (χ4v) is 3.35. The van der Waals surface area contributed by atoms with E-state index >= 15 is 0 Å². The number of rotatable bonds is 3. The van der Waals surface area contributed by atoms with Crippen LogP contribution in [0.2, 0.25) is 0 Å². The smallest absolute Gasteiger partial charge is 0.322 e. The third-order valence-electron chi connectivity index (χ3n) is 4.11. The van der Waals surface area contributed by atoms with Crippen molar-refractivity contribution >= 4 is 37.9 Å². The molecule has 0 N–H and O–H groups in total. The number of nitriles is 1. The summed E-state index contributed by atoms with van der Waals surface area (Å²) >= 11 is 3.57. The van der Waals surface area contributed by atoms with E-state index in [4.69, 9.17) is 10.00 Å². The Kier molecular flexibility index (Phi) is 4.47. The van der Waals surface area contributed by atoms with Gasteiger partial charge in [0.05, 0.1) is 27.1 Å². The summed E-state index contributed by atoms with van der Waals surface area (Å²) in [4.78, 5) is 8.66. The Labute approximate surface area is 170 Å². The molecule has 0 atom stereocenters. The predicted octanol–water partition coefficient (Wildman–Crippen LogP) is 4.85. The molecule has 2 aromatic carbocycles. The minimum absolute atomic E-state index is 0.0868. The van der Waals surface area contributed by atoms with Gasteiger partial charge in [0.15, 0.2) is 0 Å². The highest BCUT2D eigenvalue weighted by molar-refractivity contribution is 9.10. The summed E-state index contributed by atoms with van der Waals surface area (Å²) in [5.41, 5.74) is 2.91. The number of fused-ring (bicyclic) bond motifs is 2. The second kappa shape index (κ2) is 6.84. The Bertz CT molecular complexity index is 1240. The van der Waals surface area contributed by atoms with Crippen LogP contribution in [0.5, 0.6) is 11.8 Å². The molecule has 8 heteroatoms. The maximum Gasteiger partial charge on any atom is 0.322 e. The molecule has 2 heterocycles. The molecule has 28 heavy (non-hydrogen) atoms. The Morgan fingerprint density at radius 2 is 2.04 bits per heavy atom. The zero-order chi connectivity index (χ0) is 19.9. The van der Waals surface area contributed by atoms with E-state index in [1.165, 1.54) is 0 Å². The fraction of sp³-hybridized carbons (Fsp3) is 0.250. The first kappa shape index (κ1) is 18.3. The number of aromatic nitrogens is 5. The van der Waals surface area contributed by atoms with Crippen LogP contribution in [0.4, 0.5) is 0 Å². The second-order valence-corrected chi connectivity index (χ2v) is 8.49. The highest BCUT2D eigenvalue weighted by Crippen LogP contribution is 2.34.